The molecule has 0 aromatic heterocycles. The van der Waals surface area contributed by atoms with E-state index in [2.05, 4.69) is 53.7 Å². The normalized spacial score (nSPS) is 9.62. The molecule has 0 aliphatic heterocycles. The fraction of sp³-hybridized carbons (Fsp3) is 0.429. The van der Waals surface area contributed by atoms with Crippen molar-refractivity contribution in [3.63, 3.8) is 0 Å². The van der Waals surface area contributed by atoms with E-state index in [1.165, 1.54) is 5.56 Å². The smallest absolute Gasteiger partial charge is 0.0248 e. The van der Waals surface area contributed by atoms with Crippen molar-refractivity contribution < 1.29 is 0 Å². The van der Waals surface area contributed by atoms with E-state index in [0.29, 0.717) is 0 Å². The molecule has 1 aromatic rings. The number of benzene rings is 1. The fourth-order valence-corrected chi connectivity index (χ4v) is 1.38. The Morgan fingerprint density at radius 3 is 2.94 bits per heavy atom. The van der Waals surface area contributed by atoms with Crippen molar-refractivity contribution in [3.05, 3.63) is 35.4 Å². The van der Waals surface area contributed by atoms with Crippen LogP contribution in [0.5, 0.6) is 0 Å². The van der Waals surface area contributed by atoms with Crippen LogP contribution in [0.3, 0.4) is 0 Å². The molecule has 2 nitrogen and oxygen atoms in total. The minimum atomic E-state index is 0.897. The minimum Gasteiger partial charge on any atom is -0.319 e. The monoisotopic (exact) mass is 216 g/mol. The summed E-state index contributed by atoms with van der Waals surface area (Å²) in [4.78, 5) is 0. The average Bonchev–Trinajstić information content (AvgIpc) is 2.33. The predicted octanol–water partition coefficient (Wildman–Crippen LogP) is 1.76. The van der Waals surface area contributed by atoms with Gasteiger partial charge >= 0.3 is 0 Å². The Morgan fingerprint density at radius 1 is 1.31 bits per heavy atom. The van der Waals surface area contributed by atoms with Crippen LogP contribution >= 0.6 is 0 Å². The van der Waals surface area contributed by atoms with Gasteiger partial charge in [0.1, 0.15) is 0 Å². The molecule has 0 amide bonds. The Kier molecular flexibility index (Phi) is 6.32. The van der Waals surface area contributed by atoms with Gasteiger partial charge in [-0.1, -0.05) is 30.9 Å². The Morgan fingerprint density at radius 2 is 2.19 bits per heavy atom. The lowest BCUT2D eigenvalue weighted by atomic mass is 10.1. The molecular formula is C14H20N2. The lowest BCUT2D eigenvalue weighted by molar-refractivity contribution is 0.727. The first-order valence-electron chi connectivity index (χ1n) is 5.80. The van der Waals surface area contributed by atoms with Crippen LogP contribution in [0.2, 0.25) is 0 Å². The maximum atomic E-state index is 3.31. The summed E-state index contributed by atoms with van der Waals surface area (Å²) >= 11 is 0. The molecule has 2 N–H and O–H groups in total. The third kappa shape index (κ3) is 4.97. The largest absolute Gasteiger partial charge is 0.319 e. The maximum Gasteiger partial charge on any atom is 0.0248 e. The molecular weight excluding hydrogens is 196 g/mol. The lowest BCUT2D eigenvalue weighted by Crippen LogP contribution is -2.11. The highest BCUT2D eigenvalue weighted by Gasteiger charge is 1.92. The highest BCUT2D eigenvalue weighted by atomic mass is 14.8. The molecule has 2 heteroatoms. The molecule has 0 bridgehead atoms. The molecule has 0 saturated heterocycles. The van der Waals surface area contributed by atoms with Crippen molar-refractivity contribution in [2.45, 2.75) is 19.9 Å². The Hall–Kier alpha value is -1.30. The second-order valence-electron chi connectivity index (χ2n) is 3.64. The Balaban J connectivity index is 2.55. The van der Waals surface area contributed by atoms with Crippen molar-refractivity contribution in [1.82, 2.24) is 10.6 Å². The van der Waals surface area contributed by atoms with Crippen LogP contribution in [-0.2, 0) is 6.54 Å². The molecule has 0 aliphatic rings. The Labute approximate surface area is 98.4 Å². The zero-order chi connectivity index (χ0) is 11.6. The van der Waals surface area contributed by atoms with Crippen molar-refractivity contribution in [1.29, 1.82) is 0 Å². The molecule has 0 unspecified atom stereocenters. The molecule has 0 atom stereocenters. The highest BCUT2D eigenvalue weighted by Crippen LogP contribution is 2.03. The average molecular weight is 216 g/mol. The van der Waals surface area contributed by atoms with Crippen LogP contribution in [0.15, 0.2) is 24.3 Å². The number of rotatable bonds is 5. The summed E-state index contributed by atoms with van der Waals surface area (Å²) < 4.78 is 0. The van der Waals surface area contributed by atoms with Crippen LogP contribution in [0.1, 0.15) is 24.5 Å². The van der Waals surface area contributed by atoms with Crippen molar-refractivity contribution >= 4 is 0 Å². The van der Waals surface area contributed by atoms with Crippen molar-refractivity contribution in [2.24, 2.45) is 0 Å². The van der Waals surface area contributed by atoms with E-state index < -0.39 is 0 Å². The molecule has 1 aromatic carbocycles. The van der Waals surface area contributed by atoms with Gasteiger partial charge in [-0.2, -0.15) is 0 Å². The summed E-state index contributed by atoms with van der Waals surface area (Å²) in [7, 11) is 1.94. The summed E-state index contributed by atoms with van der Waals surface area (Å²) in [6.45, 7) is 4.98. The molecule has 0 spiro atoms. The van der Waals surface area contributed by atoms with Gasteiger partial charge in [0.05, 0.1) is 0 Å². The molecule has 0 saturated carbocycles. The van der Waals surface area contributed by atoms with Crippen molar-refractivity contribution in [2.75, 3.05) is 20.1 Å². The Bertz CT molecular complexity index is 360. The molecule has 86 valence electrons. The quantitative estimate of drug-likeness (QED) is 0.579. The van der Waals surface area contributed by atoms with Gasteiger partial charge < -0.3 is 10.6 Å². The van der Waals surface area contributed by atoms with Crippen molar-refractivity contribution in [3.8, 4) is 11.8 Å². The van der Waals surface area contributed by atoms with Gasteiger partial charge in [-0.25, -0.2) is 0 Å². The van der Waals surface area contributed by atoms with E-state index in [4.69, 9.17) is 0 Å². The molecule has 1 rings (SSSR count). The van der Waals surface area contributed by atoms with Crippen LogP contribution in [-0.4, -0.2) is 20.1 Å². The first kappa shape index (κ1) is 12.8. The third-order valence-electron chi connectivity index (χ3n) is 2.24. The molecule has 0 aliphatic carbocycles. The lowest BCUT2D eigenvalue weighted by Gasteiger charge is -2.01. The van der Waals surface area contributed by atoms with E-state index in [0.717, 1.165) is 31.6 Å². The summed E-state index contributed by atoms with van der Waals surface area (Å²) in [5, 5.41) is 6.39. The van der Waals surface area contributed by atoms with Crippen LogP contribution in [0, 0.1) is 11.8 Å². The summed E-state index contributed by atoms with van der Waals surface area (Å²) in [6.07, 6.45) is 0.897. The predicted molar refractivity (Wildman–Crippen MR) is 69.2 cm³/mol. The zero-order valence-corrected chi connectivity index (χ0v) is 10.1. The van der Waals surface area contributed by atoms with Gasteiger partial charge in [-0.15, -0.1) is 0 Å². The SMILES string of the molecule is CCNCc1cccc(C#CCCNC)c1. The first-order valence-corrected chi connectivity index (χ1v) is 5.80. The number of nitrogens with one attached hydrogen (secondary N) is 2. The zero-order valence-electron chi connectivity index (χ0n) is 10.1. The maximum absolute atomic E-state index is 3.31. The van der Waals surface area contributed by atoms with E-state index in [1.54, 1.807) is 0 Å². The summed E-state index contributed by atoms with van der Waals surface area (Å²) in [5.41, 5.74) is 2.40. The molecule has 16 heavy (non-hydrogen) atoms. The van der Waals surface area contributed by atoms with Gasteiger partial charge in [-0.3, -0.25) is 0 Å². The molecule has 0 radical (unpaired) electrons. The van der Waals surface area contributed by atoms with Gasteiger partial charge in [0.15, 0.2) is 0 Å². The number of hydrogen-bond acceptors (Lipinski definition) is 2. The van der Waals surface area contributed by atoms with E-state index in [9.17, 15) is 0 Å². The standard InChI is InChI=1S/C14H20N2/c1-3-16-12-14-9-6-8-13(11-14)7-4-5-10-15-2/h6,8-9,11,15-16H,3,5,10,12H2,1-2H3. The molecule has 0 heterocycles. The van der Waals surface area contributed by atoms with Crippen LogP contribution in [0.25, 0.3) is 0 Å². The fourth-order valence-electron chi connectivity index (χ4n) is 1.38. The summed E-state index contributed by atoms with van der Waals surface area (Å²) in [5.74, 6) is 6.33. The van der Waals surface area contributed by atoms with E-state index in [1.807, 2.05) is 7.05 Å². The second-order valence-corrected chi connectivity index (χ2v) is 3.64. The topological polar surface area (TPSA) is 24.1 Å². The van der Waals surface area contributed by atoms with Crippen LogP contribution in [0.4, 0.5) is 0 Å². The highest BCUT2D eigenvalue weighted by molar-refractivity contribution is 5.37. The van der Waals surface area contributed by atoms with Gasteiger partial charge in [-0.05, 0) is 31.3 Å². The van der Waals surface area contributed by atoms with E-state index in [-0.39, 0.29) is 0 Å². The third-order valence-corrected chi connectivity index (χ3v) is 2.24. The second kappa shape index (κ2) is 7.92. The van der Waals surface area contributed by atoms with Gasteiger partial charge in [0.2, 0.25) is 0 Å². The van der Waals surface area contributed by atoms with E-state index >= 15 is 0 Å². The van der Waals surface area contributed by atoms with Gasteiger partial charge in [0, 0.05) is 25.1 Å². The van der Waals surface area contributed by atoms with Crippen LogP contribution < -0.4 is 10.6 Å². The minimum absolute atomic E-state index is 0.897. The first-order chi connectivity index (χ1) is 7.86. The number of hydrogen-bond donors (Lipinski definition) is 2. The van der Waals surface area contributed by atoms with Gasteiger partial charge in [0.25, 0.3) is 0 Å². The molecule has 0 fully saturated rings. The summed E-state index contributed by atoms with van der Waals surface area (Å²) in [6, 6.07) is 8.40.